The van der Waals surface area contributed by atoms with Gasteiger partial charge in [0.2, 0.25) is 0 Å². The molecular formula is C19H17N7O2. The van der Waals surface area contributed by atoms with Gasteiger partial charge in [-0.2, -0.15) is 5.10 Å². The third-order valence-corrected chi connectivity index (χ3v) is 4.11. The highest BCUT2D eigenvalue weighted by atomic mass is 16.5. The summed E-state index contributed by atoms with van der Waals surface area (Å²) in [5.41, 5.74) is 2.19. The monoisotopic (exact) mass is 375 g/mol. The van der Waals surface area contributed by atoms with Crippen molar-refractivity contribution in [2.24, 2.45) is 0 Å². The first-order chi connectivity index (χ1) is 13.7. The van der Waals surface area contributed by atoms with Gasteiger partial charge in [-0.3, -0.25) is 9.36 Å². The number of nitrogens with one attached hydrogen (secondary N) is 1. The van der Waals surface area contributed by atoms with E-state index in [1.807, 2.05) is 30.5 Å². The van der Waals surface area contributed by atoms with E-state index < -0.39 is 0 Å². The summed E-state index contributed by atoms with van der Waals surface area (Å²) in [5, 5.41) is 14.7. The Hall–Kier alpha value is -4.01. The normalized spacial score (nSPS) is 10.6. The number of carbonyl (C=O) groups excluding carboxylic acids is 1. The van der Waals surface area contributed by atoms with Crippen molar-refractivity contribution in [2.45, 2.75) is 6.54 Å². The first-order valence-electron chi connectivity index (χ1n) is 8.51. The number of nitrogens with zero attached hydrogens (tertiary/aromatic N) is 6. The quantitative estimate of drug-likeness (QED) is 0.551. The molecule has 9 heteroatoms. The Morgan fingerprint density at radius 3 is 2.82 bits per heavy atom. The van der Waals surface area contributed by atoms with Gasteiger partial charge in [0.25, 0.3) is 5.91 Å². The summed E-state index contributed by atoms with van der Waals surface area (Å²) >= 11 is 0. The highest BCUT2D eigenvalue weighted by molar-refractivity contribution is 5.94. The van der Waals surface area contributed by atoms with Crippen LogP contribution in [-0.2, 0) is 6.54 Å². The maximum atomic E-state index is 12.5. The molecule has 0 unspecified atom stereocenters. The van der Waals surface area contributed by atoms with Crippen molar-refractivity contribution < 1.29 is 9.53 Å². The summed E-state index contributed by atoms with van der Waals surface area (Å²) in [7, 11) is 1.62. The molecule has 1 N–H and O–H groups in total. The van der Waals surface area contributed by atoms with Gasteiger partial charge in [0.1, 0.15) is 29.9 Å². The van der Waals surface area contributed by atoms with E-state index in [2.05, 4.69) is 25.6 Å². The number of para-hydroxylation sites is 2. The molecule has 4 rings (SSSR count). The number of rotatable bonds is 6. The Morgan fingerprint density at radius 2 is 2.00 bits per heavy atom. The number of amides is 1. The van der Waals surface area contributed by atoms with E-state index in [0.29, 0.717) is 17.9 Å². The summed E-state index contributed by atoms with van der Waals surface area (Å²) < 4.78 is 8.71. The van der Waals surface area contributed by atoms with Gasteiger partial charge in [-0.05, 0) is 24.3 Å². The molecule has 3 aromatic heterocycles. The second-order valence-electron chi connectivity index (χ2n) is 5.92. The molecule has 0 spiro atoms. The fourth-order valence-electron chi connectivity index (χ4n) is 2.71. The van der Waals surface area contributed by atoms with Crippen LogP contribution in [0.4, 0.5) is 0 Å². The molecule has 0 atom stereocenters. The number of methoxy groups -OCH3 is 1. The molecule has 0 aliphatic heterocycles. The number of ether oxygens (including phenoxy) is 1. The standard InChI is InChI=1S/C19H17N7O2/c1-28-17-5-3-2-4-16(17)26-11-14(10-24-26)9-21-19(27)15-6-7-20-18(8-15)25-12-22-23-13-25/h2-8,10-13H,9H2,1H3,(H,21,27). The Bertz CT molecular complexity index is 1090. The minimum atomic E-state index is -0.207. The molecule has 0 radical (unpaired) electrons. The summed E-state index contributed by atoms with van der Waals surface area (Å²) in [6.07, 6.45) is 8.19. The van der Waals surface area contributed by atoms with Crippen LogP contribution in [0.3, 0.4) is 0 Å². The fraction of sp³-hybridized carbons (Fsp3) is 0.105. The van der Waals surface area contributed by atoms with Crippen LogP contribution >= 0.6 is 0 Å². The fourth-order valence-corrected chi connectivity index (χ4v) is 2.71. The lowest BCUT2D eigenvalue weighted by molar-refractivity contribution is 0.0950. The molecule has 0 saturated heterocycles. The average molecular weight is 375 g/mol. The van der Waals surface area contributed by atoms with E-state index in [9.17, 15) is 4.79 Å². The maximum Gasteiger partial charge on any atom is 0.251 e. The minimum absolute atomic E-state index is 0.207. The van der Waals surface area contributed by atoms with Gasteiger partial charge in [0.05, 0.1) is 13.3 Å². The molecule has 140 valence electrons. The number of benzene rings is 1. The van der Waals surface area contributed by atoms with Crippen LogP contribution in [0.25, 0.3) is 11.5 Å². The molecule has 0 saturated carbocycles. The van der Waals surface area contributed by atoms with Gasteiger partial charge in [-0.1, -0.05) is 12.1 Å². The summed E-state index contributed by atoms with van der Waals surface area (Å²) in [6, 6.07) is 10.9. The molecule has 1 aromatic carbocycles. The summed E-state index contributed by atoms with van der Waals surface area (Å²) in [5.74, 6) is 1.09. The van der Waals surface area contributed by atoms with Crippen LogP contribution in [-0.4, -0.2) is 42.5 Å². The SMILES string of the molecule is COc1ccccc1-n1cc(CNC(=O)c2ccnc(-n3cnnc3)c2)cn1. The first-order valence-corrected chi connectivity index (χ1v) is 8.51. The molecule has 0 fully saturated rings. The first kappa shape index (κ1) is 17.4. The van der Waals surface area contributed by atoms with Crippen LogP contribution in [0.1, 0.15) is 15.9 Å². The number of carbonyl (C=O) groups is 1. The van der Waals surface area contributed by atoms with Crippen LogP contribution in [0.15, 0.2) is 67.6 Å². The lowest BCUT2D eigenvalue weighted by Crippen LogP contribution is -2.22. The molecule has 0 aliphatic carbocycles. The van der Waals surface area contributed by atoms with Crippen molar-refractivity contribution in [1.29, 1.82) is 0 Å². The Kier molecular flexibility index (Phi) is 4.79. The van der Waals surface area contributed by atoms with Crippen molar-refractivity contribution in [2.75, 3.05) is 7.11 Å². The smallest absolute Gasteiger partial charge is 0.251 e. The van der Waals surface area contributed by atoms with Gasteiger partial charge in [0.15, 0.2) is 0 Å². The predicted molar refractivity (Wildman–Crippen MR) is 100 cm³/mol. The summed E-state index contributed by atoms with van der Waals surface area (Å²) in [6.45, 7) is 0.346. The molecule has 1 amide bonds. The molecular weight excluding hydrogens is 358 g/mol. The van der Waals surface area contributed by atoms with Crippen molar-refractivity contribution in [3.63, 3.8) is 0 Å². The number of hydrogen-bond acceptors (Lipinski definition) is 6. The number of pyridine rings is 1. The van der Waals surface area contributed by atoms with E-state index in [1.54, 1.807) is 40.9 Å². The van der Waals surface area contributed by atoms with Crippen LogP contribution < -0.4 is 10.1 Å². The van der Waals surface area contributed by atoms with Gasteiger partial charge in [0, 0.05) is 30.1 Å². The van der Waals surface area contributed by atoms with Crippen molar-refractivity contribution in [1.82, 2.24) is 34.8 Å². The molecule has 4 aromatic rings. The zero-order valence-electron chi connectivity index (χ0n) is 15.1. The Balaban J connectivity index is 1.45. The second-order valence-corrected chi connectivity index (χ2v) is 5.92. The lowest BCUT2D eigenvalue weighted by Gasteiger charge is -2.07. The van der Waals surface area contributed by atoms with Crippen LogP contribution in [0.2, 0.25) is 0 Å². The lowest BCUT2D eigenvalue weighted by atomic mass is 10.2. The highest BCUT2D eigenvalue weighted by Gasteiger charge is 2.10. The van der Waals surface area contributed by atoms with Gasteiger partial charge in [-0.25, -0.2) is 9.67 Å². The Morgan fingerprint density at radius 1 is 1.18 bits per heavy atom. The number of hydrogen-bond donors (Lipinski definition) is 1. The van der Waals surface area contributed by atoms with Crippen molar-refractivity contribution >= 4 is 5.91 Å². The molecule has 28 heavy (non-hydrogen) atoms. The molecule has 9 nitrogen and oxygen atoms in total. The molecule has 0 aliphatic rings. The maximum absolute atomic E-state index is 12.5. The van der Waals surface area contributed by atoms with E-state index in [4.69, 9.17) is 4.74 Å². The largest absolute Gasteiger partial charge is 0.494 e. The van der Waals surface area contributed by atoms with E-state index in [-0.39, 0.29) is 5.91 Å². The van der Waals surface area contributed by atoms with E-state index >= 15 is 0 Å². The predicted octanol–water partition coefficient (Wildman–Crippen LogP) is 1.79. The third kappa shape index (κ3) is 3.58. The van der Waals surface area contributed by atoms with Crippen molar-refractivity contribution in [3.8, 4) is 17.3 Å². The topological polar surface area (TPSA) is 99.8 Å². The minimum Gasteiger partial charge on any atom is -0.494 e. The number of aromatic nitrogens is 6. The highest BCUT2D eigenvalue weighted by Crippen LogP contribution is 2.21. The summed E-state index contributed by atoms with van der Waals surface area (Å²) in [4.78, 5) is 16.7. The van der Waals surface area contributed by atoms with Gasteiger partial charge < -0.3 is 10.1 Å². The van der Waals surface area contributed by atoms with Crippen molar-refractivity contribution in [3.05, 3.63) is 78.8 Å². The van der Waals surface area contributed by atoms with E-state index in [1.165, 1.54) is 12.7 Å². The molecule has 3 heterocycles. The third-order valence-electron chi connectivity index (χ3n) is 4.11. The van der Waals surface area contributed by atoms with Crippen LogP contribution in [0, 0.1) is 0 Å². The van der Waals surface area contributed by atoms with E-state index in [0.717, 1.165) is 17.0 Å². The molecule has 0 bridgehead atoms. The second kappa shape index (κ2) is 7.70. The van der Waals surface area contributed by atoms with Crippen LogP contribution in [0.5, 0.6) is 5.75 Å². The van der Waals surface area contributed by atoms with Gasteiger partial charge >= 0.3 is 0 Å². The van der Waals surface area contributed by atoms with Gasteiger partial charge in [-0.15, -0.1) is 10.2 Å². The Labute approximate surface area is 160 Å². The average Bonchev–Trinajstić information content (AvgIpc) is 3.44. The zero-order chi connectivity index (χ0) is 19.3. The zero-order valence-corrected chi connectivity index (χ0v) is 15.1.